The van der Waals surface area contributed by atoms with Crippen LogP contribution >= 0.6 is 23.1 Å². The molecule has 25 heavy (non-hydrogen) atoms. The Hall–Kier alpha value is -1.64. The van der Waals surface area contributed by atoms with Crippen LogP contribution in [0, 0.1) is 12.7 Å². The van der Waals surface area contributed by atoms with Gasteiger partial charge < -0.3 is 0 Å². The predicted molar refractivity (Wildman–Crippen MR) is 103 cm³/mol. The van der Waals surface area contributed by atoms with Crippen molar-refractivity contribution in [2.45, 2.75) is 35.3 Å². The van der Waals surface area contributed by atoms with Gasteiger partial charge in [-0.05, 0) is 42.8 Å². The third-order valence-electron chi connectivity index (χ3n) is 3.40. The molecule has 0 amide bonds. The highest BCUT2D eigenvalue weighted by atomic mass is 32.2. The van der Waals surface area contributed by atoms with E-state index in [1.807, 2.05) is 0 Å². The van der Waals surface area contributed by atoms with Crippen LogP contribution in [0.25, 0.3) is 10.2 Å². The van der Waals surface area contributed by atoms with Crippen LogP contribution < -0.4 is 4.72 Å². The zero-order valence-corrected chi connectivity index (χ0v) is 16.4. The molecular weight excluding hydrogens is 379 g/mol. The van der Waals surface area contributed by atoms with Gasteiger partial charge in [-0.15, -0.1) is 11.3 Å². The monoisotopic (exact) mass is 396 g/mol. The van der Waals surface area contributed by atoms with Gasteiger partial charge in [-0.3, -0.25) is 4.72 Å². The van der Waals surface area contributed by atoms with Crippen molar-refractivity contribution in [3.8, 4) is 0 Å². The maximum Gasteiger partial charge on any atom is 0.262 e. The maximum atomic E-state index is 13.4. The second-order valence-corrected chi connectivity index (χ2v) is 10.3. The van der Waals surface area contributed by atoms with Crippen LogP contribution in [0.15, 0.2) is 45.6 Å². The number of anilines is 1. The second kappa shape index (κ2) is 6.93. The summed E-state index contributed by atoms with van der Waals surface area (Å²) in [7, 11) is -3.86. The largest absolute Gasteiger partial charge is 0.280 e. The molecule has 3 rings (SSSR count). The number of sulfonamides is 1. The van der Waals surface area contributed by atoms with Crippen molar-refractivity contribution in [3.05, 3.63) is 47.8 Å². The third-order valence-corrected chi connectivity index (χ3v) is 7.04. The Labute approximate surface area is 154 Å². The van der Waals surface area contributed by atoms with E-state index in [4.69, 9.17) is 0 Å². The van der Waals surface area contributed by atoms with Gasteiger partial charge in [0.05, 0.1) is 20.8 Å². The molecule has 3 aromatic rings. The van der Waals surface area contributed by atoms with Gasteiger partial charge in [0.2, 0.25) is 0 Å². The first-order valence-electron chi connectivity index (χ1n) is 7.61. The number of aromatic nitrogens is 1. The van der Waals surface area contributed by atoms with E-state index in [9.17, 15) is 12.8 Å². The summed E-state index contributed by atoms with van der Waals surface area (Å²) in [5.74, 6) is -0.584. The van der Waals surface area contributed by atoms with E-state index in [0.717, 1.165) is 20.6 Å². The summed E-state index contributed by atoms with van der Waals surface area (Å²) in [6.45, 7) is 5.82. The van der Waals surface area contributed by atoms with Crippen molar-refractivity contribution < 1.29 is 12.8 Å². The van der Waals surface area contributed by atoms with E-state index in [0.29, 0.717) is 16.5 Å². The van der Waals surface area contributed by atoms with Gasteiger partial charge in [0, 0.05) is 5.25 Å². The summed E-state index contributed by atoms with van der Waals surface area (Å²) >= 11 is 3.19. The Bertz CT molecular complexity index is 1030. The molecule has 0 saturated heterocycles. The van der Waals surface area contributed by atoms with Crippen LogP contribution in [-0.4, -0.2) is 18.7 Å². The molecule has 0 atom stereocenters. The number of aryl methyl sites for hydroxylation is 1. The minimum atomic E-state index is -3.86. The normalized spacial score (nSPS) is 12.0. The van der Waals surface area contributed by atoms with E-state index in [-0.39, 0.29) is 4.90 Å². The van der Waals surface area contributed by atoms with Gasteiger partial charge in [0.1, 0.15) is 5.82 Å². The van der Waals surface area contributed by atoms with Gasteiger partial charge in [-0.25, -0.2) is 17.8 Å². The highest BCUT2D eigenvalue weighted by Crippen LogP contribution is 2.33. The molecule has 0 radical (unpaired) electrons. The van der Waals surface area contributed by atoms with Crippen molar-refractivity contribution in [1.82, 2.24) is 4.98 Å². The van der Waals surface area contributed by atoms with Crippen LogP contribution in [0.4, 0.5) is 10.1 Å². The highest BCUT2D eigenvalue weighted by Gasteiger charge is 2.18. The van der Waals surface area contributed by atoms with E-state index < -0.39 is 15.8 Å². The second-order valence-electron chi connectivity index (χ2n) is 5.84. The first-order chi connectivity index (χ1) is 11.7. The maximum absolute atomic E-state index is 13.4. The molecule has 0 fully saturated rings. The van der Waals surface area contributed by atoms with Crippen LogP contribution in [0.1, 0.15) is 19.4 Å². The van der Waals surface area contributed by atoms with E-state index in [2.05, 4.69) is 23.6 Å². The molecule has 0 aliphatic carbocycles. The third kappa shape index (κ3) is 4.13. The zero-order valence-electron chi connectivity index (χ0n) is 13.9. The van der Waals surface area contributed by atoms with Gasteiger partial charge in [-0.2, -0.15) is 0 Å². The number of hydrogen-bond acceptors (Lipinski definition) is 5. The average Bonchev–Trinajstić information content (AvgIpc) is 2.89. The van der Waals surface area contributed by atoms with Gasteiger partial charge in [0.25, 0.3) is 10.0 Å². The molecule has 0 saturated carbocycles. The standard InChI is InChI=1S/C17H17FN2O2S3/c1-10(2)23-17-19-14-7-6-13(9-15(14)24-17)20-25(21,22)16-8-12(18)5-4-11(16)3/h4-10,20H,1-3H3. The van der Waals surface area contributed by atoms with Crippen LogP contribution in [0.5, 0.6) is 0 Å². The van der Waals surface area contributed by atoms with E-state index in [1.54, 1.807) is 36.9 Å². The molecule has 0 bridgehead atoms. The van der Waals surface area contributed by atoms with Gasteiger partial charge >= 0.3 is 0 Å². The lowest BCUT2D eigenvalue weighted by Crippen LogP contribution is -2.14. The van der Waals surface area contributed by atoms with E-state index >= 15 is 0 Å². The number of halogens is 1. The molecule has 0 aliphatic rings. The summed E-state index contributed by atoms with van der Waals surface area (Å²) < 4.78 is 42.9. The number of rotatable bonds is 5. The Balaban J connectivity index is 1.92. The molecule has 0 aliphatic heterocycles. The van der Waals surface area contributed by atoms with Crippen LogP contribution in [0.3, 0.4) is 0 Å². The molecule has 4 nitrogen and oxygen atoms in total. The minimum absolute atomic E-state index is 0.0621. The quantitative estimate of drug-likeness (QED) is 0.614. The molecule has 2 aromatic carbocycles. The number of hydrogen-bond donors (Lipinski definition) is 1. The Morgan fingerprint density at radius 1 is 1.20 bits per heavy atom. The zero-order chi connectivity index (χ0) is 18.2. The number of nitrogens with zero attached hydrogens (tertiary/aromatic N) is 1. The lowest BCUT2D eigenvalue weighted by atomic mass is 10.2. The fourth-order valence-electron chi connectivity index (χ4n) is 2.29. The lowest BCUT2D eigenvalue weighted by Gasteiger charge is -2.10. The minimum Gasteiger partial charge on any atom is -0.280 e. The summed E-state index contributed by atoms with van der Waals surface area (Å²) in [6, 6.07) is 8.92. The Morgan fingerprint density at radius 3 is 2.68 bits per heavy atom. The molecule has 1 N–H and O–H groups in total. The number of thiazole rings is 1. The lowest BCUT2D eigenvalue weighted by molar-refractivity contribution is 0.594. The Kier molecular flexibility index (Phi) is 5.04. The predicted octanol–water partition coefficient (Wildman–Crippen LogP) is 5.05. The fourth-order valence-corrected chi connectivity index (χ4v) is 5.93. The fraction of sp³-hybridized carbons (Fsp3) is 0.235. The highest BCUT2D eigenvalue weighted by molar-refractivity contribution is 8.01. The summed E-state index contributed by atoms with van der Waals surface area (Å²) in [6.07, 6.45) is 0. The number of nitrogens with one attached hydrogen (secondary N) is 1. The summed E-state index contributed by atoms with van der Waals surface area (Å²) in [4.78, 5) is 4.47. The molecular formula is C17H17FN2O2S3. The van der Waals surface area contributed by atoms with Crippen molar-refractivity contribution in [2.24, 2.45) is 0 Å². The first kappa shape index (κ1) is 18.2. The van der Waals surface area contributed by atoms with Crippen molar-refractivity contribution >= 4 is 49.0 Å². The van der Waals surface area contributed by atoms with Gasteiger partial charge in [0.15, 0.2) is 4.34 Å². The first-order valence-corrected chi connectivity index (χ1v) is 10.8. The molecule has 0 spiro atoms. The number of benzene rings is 2. The van der Waals surface area contributed by atoms with Crippen molar-refractivity contribution in [2.75, 3.05) is 4.72 Å². The summed E-state index contributed by atoms with van der Waals surface area (Å²) in [5, 5.41) is 0.425. The van der Waals surface area contributed by atoms with Crippen LogP contribution in [0.2, 0.25) is 0 Å². The smallest absolute Gasteiger partial charge is 0.262 e. The summed E-state index contributed by atoms with van der Waals surface area (Å²) in [5.41, 5.74) is 1.75. The number of thioether (sulfide) groups is 1. The van der Waals surface area contributed by atoms with E-state index in [1.165, 1.54) is 23.5 Å². The van der Waals surface area contributed by atoms with Gasteiger partial charge in [-0.1, -0.05) is 31.7 Å². The van der Waals surface area contributed by atoms with Crippen LogP contribution in [-0.2, 0) is 10.0 Å². The SMILES string of the molecule is Cc1ccc(F)cc1S(=O)(=O)Nc1ccc2nc(SC(C)C)sc2c1. The topological polar surface area (TPSA) is 59.1 Å². The molecule has 1 aromatic heterocycles. The van der Waals surface area contributed by atoms with Crippen molar-refractivity contribution in [1.29, 1.82) is 0 Å². The molecule has 8 heteroatoms. The number of fused-ring (bicyclic) bond motifs is 1. The average molecular weight is 397 g/mol. The molecule has 1 heterocycles. The molecule has 132 valence electrons. The molecule has 0 unspecified atom stereocenters. The van der Waals surface area contributed by atoms with Crippen molar-refractivity contribution in [3.63, 3.8) is 0 Å². The Morgan fingerprint density at radius 2 is 1.96 bits per heavy atom.